The fourth-order valence-corrected chi connectivity index (χ4v) is 3.54. The molecule has 2 aromatic carbocycles. The lowest BCUT2D eigenvalue weighted by atomic mass is 10.1. The van der Waals surface area contributed by atoms with Crippen LogP contribution in [0, 0.1) is 6.92 Å². The van der Waals surface area contributed by atoms with Crippen LogP contribution >= 0.6 is 23.2 Å². The highest BCUT2D eigenvalue weighted by molar-refractivity contribution is 6.43. The number of nitrogens with zero attached hydrogens (tertiary/aromatic N) is 1. The van der Waals surface area contributed by atoms with Crippen molar-refractivity contribution < 1.29 is 23.5 Å². The number of carbonyl (C=O) groups is 3. The van der Waals surface area contributed by atoms with E-state index in [-0.39, 0.29) is 27.8 Å². The minimum atomic E-state index is -0.810. The molecule has 0 fully saturated rings. The fourth-order valence-electron chi connectivity index (χ4n) is 3.22. The van der Waals surface area contributed by atoms with Gasteiger partial charge in [-0.1, -0.05) is 35.3 Å². The Balaban J connectivity index is 1.50. The Morgan fingerprint density at radius 3 is 2.27 bits per heavy atom. The molecule has 1 aromatic heterocycles. The number of rotatable bonds is 4. The van der Waals surface area contributed by atoms with Gasteiger partial charge in [0.25, 0.3) is 11.8 Å². The van der Waals surface area contributed by atoms with Crippen LogP contribution in [0.5, 0.6) is 0 Å². The average molecular weight is 446 g/mol. The number of ether oxygens (including phenoxy) is 1. The topological polar surface area (TPSA) is 93.9 Å². The molecule has 7 nitrogen and oxygen atoms in total. The van der Waals surface area contributed by atoms with E-state index < -0.39 is 30.0 Å². The number of amides is 2. The highest BCUT2D eigenvalue weighted by atomic mass is 35.5. The number of hydrogen-bond donors (Lipinski definition) is 0. The van der Waals surface area contributed by atoms with Crippen molar-refractivity contribution in [1.82, 2.24) is 4.90 Å². The van der Waals surface area contributed by atoms with E-state index >= 15 is 0 Å². The third kappa shape index (κ3) is 3.58. The lowest BCUT2D eigenvalue weighted by Gasteiger charge is -2.13. The first-order valence-electron chi connectivity index (χ1n) is 8.79. The molecule has 0 aliphatic carbocycles. The summed E-state index contributed by atoms with van der Waals surface area (Å²) < 4.78 is 10.4. The summed E-state index contributed by atoms with van der Waals surface area (Å²) in [5.41, 5.74) is 1.31. The van der Waals surface area contributed by atoms with Gasteiger partial charge in [0.15, 0.2) is 0 Å². The van der Waals surface area contributed by atoms with E-state index in [1.54, 1.807) is 12.1 Å². The van der Waals surface area contributed by atoms with E-state index in [4.69, 9.17) is 32.4 Å². The number of imide groups is 1. The summed E-state index contributed by atoms with van der Waals surface area (Å²) in [6.07, 6.45) is 0. The van der Waals surface area contributed by atoms with Gasteiger partial charge in [0.2, 0.25) is 0 Å². The fraction of sp³-hybridized carbons (Fsp3) is 0.143. The number of aryl methyl sites for hydroxylation is 1. The first-order chi connectivity index (χ1) is 14.2. The molecule has 1 aliphatic rings. The number of hydrogen-bond acceptors (Lipinski definition) is 6. The summed E-state index contributed by atoms with van der Waals surface area (Å²) in [5, 5.41) is 0.884. The lowest BCUT2D eigenvalue weighted by Crippen LogP contribution is -2.35. The Kier molecular flexibility index (Phi) is 5.09. The van der Waals surface area contributed by atoms with Gasteiger partial charge in [-0.15, -0.1) is 0 Å². The average Bonchev–Trinajstić information content (AvgIpc) is 2.90. The molecule has 152 valence electrons. The molecule has 4 rings (SSSR count). The highest BCUT2D eigenvalue weighted by Crippen LogP contribution is 2.31. The Morgan fingerprint density at radius 2 is 1.63 bits per heavy atom. The van der Waals surface area contributed by atoms with Gasteiger partial charge in [0, 0.05) is 17.0 Å². The first-order valence-corrected chi connectivity index (χ1v) is 9.54. The lowest BCUT2D eigenvalue weighted by molar-refractivity contribution is -0.145. The summed E-state index contributed by atoms with van der Waals surface area (Å²) in [6.45, 7) is 1.06. The van der Waals surface area contributed by atoms with Crippen LogP contribution in [0.15, 0.2) is 45.6 Å². The first kappa shape index (κ1) is 20.1. The van der Waals surface area contributed by atoms with Gasteiger partial charge in [0.05, 0.1) is 21.2 Å². The van der Waals surface area contributed by atoms with Crippen LogP contribution in [0.1, 0.15) is 31.8 Å². The van der Waals surface area contributed by atoms with Crippen molar-refractivity contribution in [2.45, 2.75) is 13.5 Å². The molecule has 9 heteroatoms. The van der Waals surface area contributed by atoms with E-state index in [0.717, 1.165) is 10.5 Å². The Labute approximate surface area is 179 Å². The van der Waals surface area contributed by atoms with Crippen molar-refractivity contribution >= 4 is 52.0 Å². The van der Waals surface area contributed by atoms with Crippen molar-refractivity contribution in [2.75, 3.05) is 6.54 Å². The summed E-state index contributed by atoms with van der Waals surface area (Å²) in [5.74, 6) is -2.13. The van der Waals surface area contributed by atoms with E-state index in [9.17, 15) is 19.2 Å². The quantitative estimate of drug-likeness (QED) is 0.344. The molecule has 0 atom stereocenters. The second-order valence-electron chi connectivity index (χ2n) is 6.76. The molecular formula is C21H13Cl2NO6. The van der Waals surface area contributed by atoms with E-state index in [1.165, 1.54) is 18.2 Å². The van der Waals surface area contributed by atoms with Gasteiger partial charge in [-0.25, -0.2) is 4.79 Å². The van der Waals surface area contributed by atoms with Gasteiger partial charge in [-0.2, -0.15) is 0 Å². The molecule has 0 unspecified atom stereocenters. The van der Waals surface area contributed by atoms with Crippen LogP contribution in [-0.2, 0) is 16.1 Å². The van der Waals surface area contributed by atoms with Crippen molar-refractivity contribution in [3.8, 4) is 0 Å². The second-order valence-corrected chi connectivity index (χ2v) is 7.57. The molecule has 2 amide bonds. The van der Waals surface area contributed by atoms with Crippen molar-refractivity contribution in [3.05, 3.63) is 79.1 Å². The molecule has 0 N–H and O–H groups in total. The van der Waals surface area contributed by atoms with Crippen LogP contribution in [0.3, 0.4) is 0 Å². The molecule has 30 heavy (non-hydrogen) atoms. The molecule has 0 saturated heterocycles. The second kappa shape index (κ2) is 7.59. The van der Waals surface area contributed by atoms with Crippen molar-refractivity contribution in [1.29, 1.82) is 0 Å². The molecule has 2 heterocycles. The monoisotopic (exact) mass is 445 g/mol. The largest absolute Gasteiger partial charge is 0.459 e. The number of halogens is 2. The number of carbonyl (C=O) groups excluding carboxylic acids is 3. The zero-order chi connectivity index (χ0) is 21.6. The summed E-state index contributed by atoms with van der Waals surface area (Å²) >= 11 is 11.8. The summed E-state index contributed by atoms with van der Waals surface area (Å²) in [6, 6.07) is 9.12. The van der Waals surface area contributed by atoms with Gasteiger partial charge in [0.1, 0.15) is 18.7 Å². The van der Waals surface area contributed by atoms with Crippen LogP contribution in [0.4, 0.5) is 0 Å². The smallest absolute Gasteiger partial charge is 0.336 e. The summed E-state index contributed by atoms with van der Waals surface area (Å²) in [4.78, 5) is 49.8. The predicted octanol–water partition coefficient (Wildman–Crippen LogP) is 3.75. The Morgan fingerprint density at radius 1 is 1.00 bits per heavy atom. The minimum absolute atomic E-state index is 0.0734. The standard InChI is InChI=1S/C21H13Cl2NO6/c1-10-2-3-12-11(5-18(25)30-17(12)4-10)9-29-19(26)8-24-20(27)13-6-15(22)16(23)7-14(13)21(24)28/h2-7H,8-9H2,1H3. The molecule has 0 bridgehead atoms. The van der Waals surface area contributed by atoms with Crippen LogP contribution in [0.25, 0.3) is 11.0 Å². The number of esters is 1. The van der Waals surface area contributed by atoms with Crippen LogP contribution in [-0.4, -0.2) is 29.2 Å². The SMILES string of the molecule is Cc1ccc2c(COC(=O)CN3C(=O)c4cc(Cl)c(Cl)cc4C3=O)cc(=O)oc2c1. The molecule has 0 radical (unpaired) electrons. The van der Waals surface area contributed by atoms with Crippen LogP contribution in [0.2, 0.25) is 10.0 Å². The zero-order valence-electron chi connectivity index (χ0n) is 15.5. The maximum atomic E-state index is 12.5. The molecule has 3 aromatic rings. The maximum Gasteiger partial charge on any atom is 0.336 e. The van der Waals surface area contributed by atoms with Gasteiger partial charge >= 0.3 is 11.6 Å². The van der Waals surface area contributed by atoms with Gasteiger partial charge < -0.3 is 9.15 Å². The molecule has 0 spiro atoms. The normalized spacial score (nSPS) is 13.1. The molecule has 1 aliphatic heterocycles. The Hall–Kier alpha value is -3.16. The predicted molar refractivity (Wildman–Crippen MR) is 109 cm³/mol. The number of fused-ring (bicyclic) bond motifs is 2. The third-order valence-corrected chi connectivity index (χ3v) is 5.40. The van der Waals surface area contributed by atoms with E-state index in [2.05, 4.69) is 0 Å². The summed E-state index contributed by atoms with van der Waals surface area (Å²) in [7, 11) is 0. The van der Waals surface area contributed by atoms with Crippen LogP contribution < -0.4 is 5.63 Å². The van der Waals surface area contributed by atoms with Crippen molar-refractivity contribution in [2.24, 2.45) is 0 Å². The van der Waals surface area contributed by atoms with E-state index in [1.807, 2.05) is 13.0 Å². The van der Waals surface area contributed by atoms with E-state index in [0.29, 0.717) is 16.5 Å². The minimum Gasteiger partial charge on any atom is -0.459 e. The molecule has 0 saturated carbocycles. The third-order valence-electron chi connectivity index (χ3n) is 4.67. The maximum absolute atomic E-state index is 12.5. The zero-order valence-corrected chi connectivity index (χ0v) is 17.0. The van der Waals surface area contributed by atoms with Crippen molar-refractivity contribution in [3.63, 3.8) is 0 Å². The Bertz CT molecular complexity index is 1260. The van der Waals surface area contributed by atoms with Gasteiger partial charge in [-0.3, -0.25) is 19.3 Å². The van der Waals surface area contributed by atoms with Gasteiger partial charge in [-0.05, 0) is 30.7 Å². The number of benzene rings is 2. The molecular weight excluding hydrogens is 433 g/mol. The highest BCUT2D eigenvalue weighted by Gasteiger charge is 2.37.